The molecule has 2 aromatic rings. The van der Waals surface area contributed by atoms with Gasteiger partial charge in [-0.2, -0.15) is 13.2 Å². The summed E-state index contributed by atoms with van der Waals surface area (Å²) in [6, 6.07) is 6.51. The molecule has 0 saturated carbocycles. The SMILES string of the molecule is COCCN(C(=O)c1ccnc(C(=O)O)c1)C(C)c1cccc(C(F)(F)F)c1. The third-order valence-corrected chi connectivity index (χ3v) is 4.19. The summed E-state index contributed by atoms with van der Waals surface area (Å²) >= 11 is 0. The van der Waals surface area contributed by atoms with Crippen molar-refractivity contribution in [3.63, 3.8) is 0 Å². The molecular formula is C19H19F3N2O4. The number of hydrogen-bond donors (Lipinski definition) is 1. The van der Waals surface area contributed by atoms with Crippen LogP contribution in [0.1, 0.15) is 44.9 Å². The Kier molecular flexibility index (Phi) is 6.74. The third-order valence-electron chi connectivity index (χ3n) is 4.19. The lowest BCUT2D eigenvalue weighted by atomic mass is 10.0. The Morgan fingerprint density at radius 3 is 2.57 bits per heavy atom. The largest absolute Gasteiger partial charge is 0.477 e. The summed E-state index contributed by atoms with van der Waals surface area (Å²) in [5.74, 6) is -1.82. The first-order chi connectivity index (χ1) is 13.1. The van der Waals surface area contributed by atoms with E-state index in [9.17, 15) is 22.8 Å². The molecule has 0 aliphatic heterocycles. The van der Waals surface area contributed by atoms with Gasteiger partial charge in [0.05, 0.1) is 18.2 Å². The summed E-state index contributed by atoms with van der Waals surface area (Å²) in [6.45, 7) is 1.87. The smallest absolute Gasteiger partial charge is 0.416 e. The van der Waals surface area contributed by atoms with Crippen LogP contribution in [0.15, 0.2) is 42.6 Å². The van der Waals surface area contributed by atoms with E-state index in [1.807, 2.05) is 0 Å². The van der Waals surface area contributed by atoms with E-state index in [0.717, 1.165) is 18.2 Å². The fourth-order valence-electron chi connectivity index (χ4n) is 2.66. The number of methoxy groups -OCH3 is 1. The van der Waals surface area contributed by atoms with Gasteiger partial charge in [0.25, 0.3) is 5.91 Å². The number of carbonyl (C=O) groups excluding carboxylic acids is 1. The Labute approximate surface area is 159 Å². The zero-order valence-electron chi connectivity index (χ0n) is 15.2. The number of pyridine rings is 1. The fourth-order valence-corrected chi connectivity index (χ4v) is 2.66. The Bertz CT molecular complexity index is 855. The summed E-state index contributed by atoms with van der Waals surface area (Å²) in [4.78, 5) is 29.0. The van der Waals surface area contributed by atoms with Gasteiger partial charge in [-0.05, 0) is 36.8 Å². The summed E-state index contributed by atoms with van der Waals surface area (Å²) in [5, 5.41) is 9.05. The predicted molar refractivity (Wildman–Crippen MR) is 94.0 cm³/mol. The molecule has 1 unspecified atom stereocenters. The van der Waals surface area contributed by atoms with Gasteiger partial charge in [-0.15, -0.1) is 0 Å². The molecule has 1 atom stereocenters. The molecule has 0 bridgehead atoms. The highest BCUT2D eigenvalue weighted by atomic mass is 19.4. The van der Waals surface area contributed by atoms with Crippen molar-refractivity contribution in [1.82, 2.24) is 9.88 Å². The average molecular weight is 396 g/mol. The lowest BCUT2D eigenvalue weighted by Gasteiger charge is -2.30. The van der Waals surface area contributed by atoms with Gasteiger partial charge < -0.3 is 14.7 Å². The second-order valence-corrected chi connectivity index (χ2v) is 6.03. The number of aromatic carboxylic acids is 1. The Balaban J connectivity index is 2.38. The molecule has 0 aliphatic rings. The summed E-state index contributed by atoms with van der Waals surface area (Å²) < 4.78 is 44.1. The number of benzene rings is 1. The number of ether oxygens (including phenoxy) is 1. The van der Waals surface area contributed by atoms with Crippen LogP contribution in [0.25, 0.3) is 0 Å². The van der Waals surface area contributed by atoms with Gasteiger partial charge in [-0.1, -0.05) is 12.1 Å². The third kappa shape index (κ3) is 5.07. The molecular weight excluding hydrogens is 377 g/mol. The van der Waals surface area contributed by atoms with Gasteiger partial charge in [-0.25, -0.2) is 9.78 Å². The molecule has 0 aliphatic carbocycles. The molecule has 0 spiro atoms. The van der Waals surface area contributed by atoms with Crippen molar-refractivity contribution in [2.75, 3.05) is 20.3 Å². The number of carboxylic acids is 1. The first-order valence-corrected chi connectivity index (χ1v) is 8.31. The summed E-state index contributed by atoms with van der Waals surface area (Å²) in [5.41, 5.74) is -0.744. The lowest BCUT2D eigenvalue weighted by Crippen LogP contribution is -2.36. The number of aromatic nitrogens is 1. The molecule has 0 fully saturated rings. The zero-order chi connectivity index (χ0) is 20.9. The molecule has 6 nitrogen and oxygen atoms in total. The van der Waals surface area contributed by atoms with Crippen molar-refractivity contribution in [2.24, 2.45) is 0 Å². The number of halogens is 3. The molecule has 1 heterocycles. The van der Waals surface area contributed by atoms with Gasteiger partial charge >= 0.3 is 12.1 Å². The standard InChI is InChI=1S/C19H19F3N2O4/c1-12(13-4-3-5-15(10-13)19(20,21)22)24(8-9-28-2)17(25)14-6-7-23-16(11-14)18(26)27/h3-7,10-12H,8-9H2,1-2H3,(H,26,27). The van der Waals surface area contributed by atoms with Gasteiger partial charge in [0.15, 0.2) is 0 Å². The number of carbonyl (C=O) groups is 2. The molecule has 1 N–H and O–H groups in total. The van der Waals surface area contributed by atoms with Gasteiger partial charge in [-0.3, -0.25) is 4.79 Å². The fraction of sp³-hybridized carbons (Fsp3) is 0.316. The van der Waals surface area contributed by atoms with E-state index in [-0.39, 0.29) is 24.4 Å². The number of amides is 1. The van der Waals surface area contributed by atoms with E-state index in [1.54, 1.807) is 6.92 Å². The number of alkyl halides is 3. The molecule has 1 amide bonds. The van der Waals surface area contributed by atoms with E-state index < -0.39 is 29.7 Å². The molecule has 2 rings (SSSR count). The predicted octanol–water partition coefficient (Wildman–Crippen LogP) is 3.65. The maximum absolute atomic E-state index is 13.0. The highest BCUT2D eigenvalue weighted by molar-refractivity contribution is 5.96. The molecule has 1 aromatic heterocycles. The van der Waals surface area contributed by atoms with Crippen molar-refractivity contribution in [3.8, 4) is 0 Å². The highest BCUT2D eigenvalue weighted by Gasteiger charge is 2.31. The van der Waals surface area contributed by atoms with Crippen LogP contribution in [0.5, 0.6) is 0 Å². The lowest BCUT2D eigenvalue weighted by molar-refractivity contribution is -0.137. The second-order valence-electron chi connectivity index (χ2n) is 6.03. The Morgan fingerprint density at radius 1 is 1.25 bits per heavy atom. The molecule has 0 radical (unpaired) electrons. The number of carboxylic acid groups (broad SMARTS) is 1. The number of nitrogens with zero attached hydrogens (tertiary/aromatic N) is 2. The second kappa shape index (κ2) is 8.83. The van der Waals surface area contributed by atoms with Crippen LogP contribution in [0.4, 0.5) is 13.2 Å². The summed E-state index contributed by atoms with van der Waals surface area (Å²) in [6.07, 6.45) is -3.31. The van der Waals surface area contributed by atoms with E-state index in [4.69, 9.17) is 9.84 Å². The minimum absolute atomic E-state index is 0.0716. The van der Waals surface area contributed by atoms with Crippen LogP contribution in [-0.2, 0) is 10.9 Å². The zero-order valence-corrected chi connectivity index (χ0v) is 15.2. The van der Waals surface area contributed by atoms with Crippen LogP contribution < -0.4 is 0 Å². The van der Waals surface area contributed by atoms with E-state index >= 15 is 0 Å². The van der Waals surface area contributed by atoms with E-state index in [0.29, 0.717) is 5.56 Å². The molecule has 28 heavy (non-hydrogen) atoms. The first-order valence-electron chi connectivity index (χ1n) is 8.31. The van der Waals surface area contributed by atoms with E-state index in [2.05, 4.69) is 4.98 Å². The summed E-state index contributed by atoms with van der Waals surface area (Å²) in [7, 11) is 1.44. The number of rotatable bonds is 7. The van der Waals surface area contributed by atoms with Crippen LogP contribution in [0.3, 0.4) is 0 Å². The van der Waals surface area contributed by atoms with Gasteiger partial charge in [0.1, 0.15) is 5.69 Å². The van der Waals surface area contributed by atoms with Crippen LogP contribution in [0, 0.1) is 0 Å². The van der Waals surface area contributed by atoms with Crippen LogP contribution in [-0.4, -0.2) is 47.1 Å². The van der Waals surface area contributed by atoms with E-state index in [1.165, 1.54) is 36.4 Å². The van der Waals surface area contributed by atoms with Gasteiger partial charge in [0.2, 0.25) is 0 Å². The molecule has 150 valence electrons. The molecule has 1 aromatic carbocycles. The molecule has 9 heteroatoms. The normalized spacial score (nSPS) is 12.5. The van der Waals surface area contributed by atoms with Crippen molar-refractivity contribution in [2.45, 2.75) is 19.1 Å². The molecule has 0 saturated heterocycles. The first kappa shape index (κ1) is 21.4. The quantitative estimate of drug-likeness (QED) is 0.773. The van der Waals surface area contributed by atoms with Crippen molar-refractivity contribution in [3.05, 3.63) is 65.0 Å². The minimum atomic E-state index is -4.50. The van der Waals surface area contributed by atoms with Crippen molar-refractivity contribution >= 4 is 11.9 Å². The Morgan fingerprint density at radius 2 is 1.96 bits per heavy atom. The Hall–Kier alpha value is -2.94. The minimum Gasteiger partial charge on any atom is -0.477 e. The topological polar surface area (TPSA) is 79.7 Å². The van der Waals surface area contributed by atoms with Crippen LogP contribution >= 0.6 is 0 Å². The maximum atomic E-state index is 13.0. The average Bonchev–Trinajstić information content (AvgIpc) is 2.67. The number of hydrogen-bond acceptors (Lipinski definition) is 4. The van der Waals surface area contributed by atoms with Gasteiger partial charge in [0, 0.05) is 25.4 Å². The highest BCUT2D eigenvalue weighted by Crippen LogP contribution is 2.32. The monoisotopic (exact) mass is 396 g/mol. The van der Waals surface area contributed by atoms with Crippen molar-refractivity contribution in [1.29, 1.82) is 0 Å². The van der Waals surface area contributed by atoms with Crippen LogP contribution in [0.2, 0.25) is 0 Å². The maximum Gasteiger partial charge on any atom is 0.416 e. The van der Waals surface area contributed by atoms with Crippen molar-refractivity contribution < 1.29 is 32.6 Å².